The van der Waals surface area contributed by atoms with Gasteiger partial charge in [-0.2, -0.15) is 0 Å². The summed E-state index contributed by atoms with van der Waals surface area (Å²) in [6, 6.07) is 5.40. The summed E-state index contributed by atoms with van der Waals surface area (Å²) in [7, 11) is 3.81. The molecule has 0 unspecified atom stereocenters. The zero-order valence-corrected chi connectivity index (χ0v) is 12.4. The lowest BCUT2D eigenvalue weighted by Crippen LogP contribution is -2.31. The highest BCUT2D eigenvalue weighted by molar-refractivity contribution is 5.95. The number of amides is 1. The molecule has 1 amide bonds. The minimum absolute atomic E-state index is 0.0791. The number of likely N-dealkylation sites (N-methyl/N-ethyl adjacent to an activating group) is 1. The van der Waals surface area contributed by atoms with Gasteiger partial charge in [-0.3, -0.25) is 9.78 Å². The summed E-state index contributed by atoms with van der Waals surface area (Å²) in [5.41, 5.74) is 0.743. The zero-order chi connectivity index (χ0) is 16.1. The summed E-state index contributed by atoms with van der Waals surface area (Å²) in [5.74, 6) is -2.18. The summed E-state index contributed by atoms with van der Waals surface area (Å²) in [6.45, 7) is 1.20. The van der Waals surface area contributed by atoms with E-state index in [1.54, 1.807) is 0 Å². The highest BCUT2D eigenvalue weighted by Crippen LogP contribution is 2.24. The standard InChI is InChI=1S/C16H17F2N3O/c1-21(2)7-6-20-16(22)12-8-11(9-19-10-12)13-4-3-5-14(17)15(13)18/h3-5,8-10H,6-7H2,1-2H3,(H,20,22). The van der Waals surface area contributed by atoms with E-state index < -0.39 is 11.6 Å². The maximum atomic E-state index is 13.8. The lowest BCUT2D eigenvalue weighted by molar-refractivity contribution is 0.0950. The molecule has 6 heteroatoms. The fourth-order valence-electron chi connectivity index (χ4n) is 1.93. The van der Waals surface area contributed by atoms with Gasteiger partial charge in [0.15, 0.2) is 11.6 Å². The molecule has 2 rings (SSSR count). The number of carbonyl (C=O) groups is 1. The third-order valence-corrected chi connectivity index (χ3v) is 3.11. The number of nitrogens with one attached hydrogen (secondary N) is 1. The Morgan fingerprint density at radius 3 is 2.77 bits per heavy atom. The largest absolute Gasteiger partial charge is 0.351 e. The molecule has 0 fully saturated rings. The number of hydrogen-bond acceptors (Lipinski definition) is 3. The molecule has 0 aliphatic rings. The minimum atomic E-state index is -0.950. The molecule has 0 bridgehead atoms. The first-order chi connectivity index (χ1) is 10.5. The van der Waals surface area contributed by atoms with Crippen molar-refractivity contribution in [2.24, 2.45) is 0 Å². The number of halogens is 2. The Balaban J connectivity index is 2.20. The molecule has 0 aliphatic heterocycles. The molecule has 22 heavy (non-hydrogen) atoms. The average Bonchev–Trinajstić information content (AvgIpc) is 2.49. The molecule has 1 heterocycles. The van der Waals surface area contributed by atoms with E-state index in [1.807, 2.05) is 19.0 Å². The third-order valence-electron chi connectivity index (χ3n) is 3.11. The molecular weight excluding hydrogens is 288 g/mol. The van der Waals surface area contributed by atoms with Gasteiger partial charge in [-0.1, -0.05) is 12.1 Å². The van der Waals surface area contributed by atoms with Crippen molar-refractivity contribution in [1.29, 1.82) is 0 Å². The molecule has 1 N–H and O–H groups in total. The molecule has 116 valence electrons. The number of nitrogens with zero attached hydrogens (tertiary/aromatic N) is 2. The Kier molecular flexibility index (Phi) is 5.16. The summed E-state index contributed by atoms with van der Waals surface area (Å²) in [5, 5.41) is 2.75. The number of hydrogen-bond donors (Lipinski definition) is 1. The topological polar surface area (TPSA) is 45.2 Å². The number of aromatic nitrogens is 1. The van der Waals surface area contributed by atoms with Gasteiger partial charge < -0.3 is 10.2 Å². The number of carbonyl (C=O) groups excluding carboxylic acids is 1. The van der Waals surface area contributed by atoms with Crippen LogP contribution < -0.4 is 5.32 Å². The molecule has 0 saturated carbocycles. The van der Waals surface area contributed by atoms with Crippen LogP contribution in [0.5, 0.6) is 0 Å². The van der Waals surface area contributed by atoms with Crippen molar-refractivity contribution >= 4 is 5.91 Å². The molecule has 4 nitrogen and oxygen atoms in total. The fraction of sp³-hybridized carbons (Fsp3) is 0.250. The highest BCUT2D eigenvalue weighted by Gasteiger charge is 2.12. The lowest BCUT2D eigenvalue weighted by atomic mass is 10.0. The summed E-state index contributed by atoms with van der Waals surface area (Å²) in [4.78, 5) is 17.9. The van der Waals surface area contributed by atoms with E-state index in [1.165, 1.54) is 30.6 Å². The van der Waals surface area contributed by atoms with Gasteiger partial charge in [0.05, 0.1) is 5.56 Å². The molecular formula is C16H17F2N3O. The molecule has 1 aromatic heterocycles. The van der Waals surface area contributed by atoms with E-state index in [-0.39, 0.29) is 11.5 Å². The zero-order valence-electron chi connectivity index (χ0n) is 12.4. The second-order valence-corrected chi connectivity index (χ2v) is 5.12. The second kappa shape index (κ2) is 7.09. The first kappa shape index (κ1) is 16.0. The molecule has 0 radical (unpaired) electrons. The average molecular weight is 305 g/mol. The number of rotatable bonds is 5. The third kappa shape index (κ3) is 3.85. The van der Waals surface area contributed by atoms with Crippen LogP contribution in [0.4, 0.5) is 8.78 Å². The van der Waals surface area contributed by atoms with Crippen LogP contribution in [-0.2, 0) is 0 Å². The maximum absolute atomic E-state index is 13.8. The molecule has 0 atom stereocenters. The van der Waals surface area contributed by atoms with Gasteiger partial charge in [0.2, 0.25) is 0 Å². The molecule has 2 aromatic rings. The van der Waals surface area contributed by atoms with Crippen LogP contribution >= 0.6 is 0 Å². The van der Waals surface area contributed by atoms with Gasteiger partial charge >= 0.3 is 0 Å². The maximum Gasteiger partial charge on any atom is 0.252 e. The Hall–Kier alpha value is -2.34. The van der Waals surface area contributed by atoms with Crippen molar-refractivity contribution in [3.63, 3.8) is 0 Å². The van der Waals surface area contributed by atoms with E-state index in [4.69, 9.17) is 0 Å². The van der Waals surface area contributed by atoms with Crippen LogP contribution in [0.15, 0.2) is 36.7 Å². The molecule has 1 aromatic carbocycles. The van der Waals surface area contributed by atoms with E-state index in [0.29, 0.717) is 24.2 Å². The van der Waals surface area contributed by atoms with Crippen LogP contribution in [0.2, 0.25) is 0 Å². The first-order valence-electron chi connectivity index (χ1n) is 6.81. The van der Waals surface area contributed by atoms with Crippen LogP contribution in [0.3, 0.4) is 0 Å². The minimum Gasteiger partial charge on any atom is -0.351 e. The quantitative estimate of drug-likeness (QED) is 0.922. The SMILES string of the molecule is CN(C)CCNC(=O)c1cncc(-c2cccc(F)c2F)c1. The smallest absolute Gasteiger partial charge is 0.252 e. The summed E-state index contributed by atoms with van der Waals surface area (Å²) in [6.07, 6.45) is 2.79. The predicted molar refractivity (Wildman–Crippen MR) is 80.5 cm³/mol. The van der Waals surface area contributed by atoms with Crippen molar-refractivity contribution in [3.05, 3.63) is 53.9 Å². The van der Waals surface area contributed by atoms with Crippen LogP contribution in [0, 0.1) is 11.6 Å². The van der Waals surface area contributed by atoms with Crippen molar-refractivity contribution in [2.75, 3.05) is 27.2 Å². The molecule has 0 spiro atoms. The Bertz CT molecular complexity index is 674. The number of pyridine rings is 1. The van der Waals surface area contributed by atoms with Gasteiger partial charge in [0.1, 0.15) is 0 Å². The van der Waals surface area contributed by atoms with Crippen molar-refractivity contribution in [1.82, 2.24) is 15.2 Å². The lowest BCUT2D eigenvalue weighted by Gasteiger charge is -2.11. The van der Waals surface area contributed by atoms with Crippen molar-refractivity contribution < 1.29 is 13.6 Å². The van der Waals surface area contributed by atoms with E-state index in [2.05, 4.69) is 10.3 Å². The van der Waals surface area contributed by atoms with Crippen molar-refractivity contribution in [2.45, 2.75) is 0 Å². The Morgan fingerprint density at radius 1 is 1.27 bits per heavy atom. The predicted octanol–water partition coefficient (Wildman–Crippen LogP) is 2.32. The monoisotopic (exact) mass is 305 g/mol. The van der Waals surface area contributed by atoms with E-state index in [9.17, 15) is 13.6 Å². The Morgan fingerprint density at radius 2 is 2.05 bits per heavy atom. The van der Waals surface area contributed by atoms with Crippen LogP contribution in [0.1, 0.15) is 10.4 Å². The molecule has 0 aliphatic carbocycles. The highest BCUT2D eigenvalue weighted by atomic mass is 19.2. The van der Waals surface area contributed by atoms with Gasteiger partial charge in [-0.15, -0.1) is 0 Å². The van der Waals surface area contributed by atoms with Crippen molar-refractivity contribution in [3.8, 4) is 11.1 Å². The Labute approximate surface area is 127 Å². The summed E-state index contributed by atoms with van der Waals surface area (Å²) >= 11 is 0. The number of benzene rings is 1. The van der Waals surface area contributed by atoms with E-state index in [0.717, 1.165) is 6.07 Å². The van der Waals surface area contributed by atoms with Gasteiger partial charge in [0.25, 0.3) is 5.91 Å². The molecule has 0 saturated heterocycles. The van der Waals surface area contributed by atoms with Gasteiger partial charge in [-0.05, 0) is 26.2 Å². The van der Waals surface area contributed by atoms with Gasteiger partial charge in [-0.25, -0.2) is 8.78 Å². The van der Waals surface area contributed by atoms with Gasteiger partial charge in [0, 0.05) is 36.6 Å². The van der Waals surface area contributed by atoms with E-state index >= 15 is 0 Å². The summed E-state index contributed by atoms with van der Waals surface area (Å²) < 4.78 is 27.1. The first-order valence-corrected chi connectivity index (χ1v) is 6.81. The second-order valence-electron chi connectivity index (χ2n) is 5.12. The normalized spacial score (nSPS) is 10.8. The fourth-order valence-corrected chi connectivity index (χ4v) is 1.93. The van der Waals surface area contributed by atoms with Crippen LogP contribution in [-0.4, -0.2) is 43.0 Å². The van der Waals surface area contributed by atoms with Crippen LogP contribution in [0.25, 0.3) is 11.1 Å².